The van der Waals surface area contributed by atoms with Gasteiger partial charge in [0.2, 0.25) is 5.91 Å². The summed E-state index contributed by atoms with van der Waals surface area (Å²) in [6.45, 7) is 0. The Balaban J connectivity index is 2.41. The van der Waals surface area contributed by atoms with Crippen LogP contribution in [0.5, 0.6) is 5.75 Å². The van der Waals surface area contributed by atoms with Gasteiger partial charge in [0.05, 0.1) is 5.69 Å². The molecule has 18 heavy (non-hydrogen) atoms. The fourth-order valence-corrected chi connectivity index (χ4v) is 1.47. The molecule has 1 aromatic heterocycles. The molecule has 0 aliphatic carbocycles. The van der Waals surface area contributed by atoms with Crippen molar-refractivity contribution in [1.82, 2.24) is 10.2 Å². The van der Waals surface area contributed by atoms with Crippen LogP contribution >= 0.6 is 0 Å². The molecule has 0 saturated heterocycles. The maximum absolute atomic E-state index is 10.7. The molecule has 5 heteroatoms. The molecule has 0 aliphatic heterocycles. The zero-order valence-electron chi connectivity index (χ0n) is 9.45. The van der Waals surface area contributed by atoms with E-state index in [-0.39, 0.29) is 5.75 Å². The number of phenolic OH excluding ortho intramolecular Hbond substituents is 1. The number of primary amides is 1. The highest BCUT2D eigenvalue weighted by molar-refractivity contribution is 5.91. The van der Waals surface area contributed by atoms with Gasteiger partial charge in [0, 0.05) is 23.4 Å². The van der Waals surface area contributed by atoms with Crippen LogP contribution in [0.3, 0.4) is 0 Å². The largest absolute Gasteiger partial charge is 0.507 e. The van der Waals surface area contributed by atoms with Crippen molar-refractivity contribution in [3.8, 4) is 17.0 Å². The quantitative estimate of drug-likeness (QED) is 0.794. The van der Waals surface area contributed by atoms with Gasteiger partial charge in [0.15, 0.2) is 0 Å². The normalized spacial score (nSPS) is 10.7. The number of carbonyl (C=O) groups excluding carboxylic acids is 1. The third-order valence-corrected chi connectivity index (χ3v) is 2.32. The van der Waals surface area contributed by atoms with Gasteiger partial charge in [0.1, 0.15) is 5.75 Å². The minimum absolute atomic E-state index is 0.0696. The zero-order chi connectivity index (χ0) is 13.0. The van der Waals surface area contributed by atoms with Crippen molar-refractivity contribution in [3.05, 3.63) is 48.2 Å². The highest BCUT2D eigenvalue weighted by atomic mass is 16.3. The Kier molecular flexibility index (Phi) is 3.33. The van der Waals surface area contributed by atoms with Gasteiger partial charge in [0.25, 0.3) is 0 Å². The molecule has 0 atom stereocenters. The van der Waals surface area contributed by atoms with Crippen LogP contribution in [0.25, 0.3) is 17.3 Å². The fraction of sp³-hybridized carbons (Fsp3) is 0. The number of hydrogen-bond acceptors (Lipinski definition) is 4. The average molecular weight is 241 g/mol. The molecule has 1 aromatic carbocycles. The number of nitrogens with zero attached hydrogens (tertiary/aromatic N) is 2. The number of nitrogens with two attached hydrogens (primary N) is 1. The second-order valence-electron chi connectivity index (χ2n) is 3.62. The van der Waals surface area contributed by atoms with Crippen molar-refractivity contribution >= 4 is 12.0 Å². The predicted molar refractivity (Wildman–Crippen MR) is 67.4 cm³/mol. The van der Waals surface area contributed by atoms with Gasteiger partial charge in [-0.25, -0.2) is 0 Å². The molecule has 0 spiro atoms. The van der Waals surface area contributed by atoms with E-state index in [1.54, 1.807) is 30.5 Å². The summed E-state index contributed by atoms with van der Waals surface area (Å²) in [6.07, 6.45) is 4.23. The van der Waals surface area contributed by atoms with E-state index in [4.69, 9.17) is 5.73 Å². The first-order valence-electron chi connectivity index (χ1n) is 5.25. The summed E-state index contributed by atoms with van der Waals surface area (Å²) < 4.78 is 0. The molecule has 0 unspecified atom stereocenters. The molecule has 0 fully saturated rings. The number of benzene rings is 1. The van der Waals surface area contributed by atoms with Gasteiger partial charge in [-0.1, -0.05) is 0 Å². The standard InChI is InChI=1S/C13H11N3O2/c14-13(18)6-4-10-8-9(3-5-12(10)17)11-2-1-7-15-16-11/h1-8,17H,(H2,14,18). The molecule has 2 rings (SSSR count). The molecule has 1 amide bonds. The molecule has 2 aromatic rings. The lowest BCUT2D eigenvalue weighted by atomic mass is 10.1. The second-order valence-corrected chi connectivity index (χ2v) is 3.62. The lowest BCUT2D eigenvalue weighted by molar-refractivity contribution is -0.113. The lowest BCUT2D eigenvalue weighted by Gasteiger charge is -2.03. The Labute approximate surface area is 104 Å². The minimum Gasteiger partial charge on any atom is -0.507 e. The van der Waals surface area contributed by atoms with E-state index in [0.717, 1.165) is 5.56 Å². The van der Waals surface area contributed by atoms with E-state index in [1.807, 2.05) is 0 Å². The first-order chi connectivity index (χ1) is 8.66. The summed E-state index contributed by atoms with van der Waals surface area (Å²) in [7, 11) is 0. The second kappa shape index (κ2) is 5.09. The van der Waals surface area contributed by atoms with Gasteiger partial charge < -0.3 is 10.8 Å². The van der Waals surface area contributed by atoms with Crippen LogP contribution in [0.4, 0.5) is 0 Å². The zero-order valence-corrected chi connectivity index (χ0v) is 9.45. The summed E-state index contributed by atoms with van der Waals surface area (Å²) >= 11 is 0. The molecule has 90 valence electrons. The SMILES string of the molecule is NC(=O)C=Cc1cc(-c2cccnn2)ccc1O. The monoisotopic (exact) mass is 241 g/mol. The average Bonchev–Trinajstić information content (AvgIpc) is 2.38. The Morgan fingerprint density at radius 2 is 2.17 bits per heavy atom. The predicted octanol–water partition coefficient (Wildman–Crippen LogP) is 1.35. The van der Waals surface area contributed by atoms with Crippen LogP contribution in [0, 0.1) is 0 Å². The smallest absolute Gasteiger partial charge is 0.241 e. The fourth-order valence-electron chi connectivity index (χ4n) is 1.47. The number of hydrogen-bond donors (Lipinski definition) is 2. The van der Waals surface area contributed by atoms with E-state index in [0.29, 0.717) is 11.3 Å². The molecule has 0 bridgehead atoms. The van der Waals surface area contributed by atoms with Crippen molar-refractivity contribution in [2.45, 2.75) is 0 Å². The molecule has 0 saturated carbocycles. The van der Waals surface area contributed by atoms with Crippen molar-refractivity contribution in [3.63, 3.8) is 0 Å². The molecule has 0 aliphatic rings. The Hall–Kier alpha value is -2.69. The Morgan fingerprint density at radius 3 is 2.83 bits per heavy atom. The number of aromatic nitrogens is 2. The van der Waals surface area contributed by atoms with Crippen LogP contribution < -0.4 is 5.73 Å². The summed E-state index contributed by atoms with van der Waals surface area (Å²) in [5.74, 6) is -0.501. The number of rotatable bonds is 3. The molecular formula is C13H11N3O2. The van der Waals surface area contributed by atoms with Crippen molar-refractivity contribution < 1.29 is 9.90 Å². The first-order valence-corrected chi connectivity index (χ1v) is 5.25. The highest BCUT2D eigenvalue weighted by Gasteiger charge is 2.03. The van der Waals surface area contributed by atoms with E-state index >= 15 is 0 Å². The topological polar surface area (TPSA) is 89.1 Å². The number of phenols is 1. The van der Waals surface area contributed by atoms with Crippen LogP contribution in [0.15, 0.2) is 42.6 Å². The van der Waals surface area contributed by atoms with Crippen LogP contribution in [-0.2, 0) is 4.79 Å². The third kappa shape index (κ3) is 2.70. The van der Waals surface area contributed by atoms with Crippen molar-refractivity contribution in [2.75, 3.05) is 0 Å². The number of carbonyl (C=O) groups is 1. The minimum atomic E-state index is -0.570. The maximum Gasteiger partial charge on any atom is 0.241 e. The van der Waals surface area contributed by atoms with Crippen LogP contribution in [0.2, 0.25) is 0 Å². The van der Waals surface area contributed by atoms with E-state index in [2.05, 4.69) is 10.2 Å². The van der Waals surface area contributed by atoms with Crippen LogP contribution in [0.1, 0.15) is 5.56 Å². The molecule has 0 radical (unpaired) electrons. The number of amides is 1. The lowest BCUT2D eigenvalue weighted by Crippen LogP contribution is -2.05. The summed E-state index contributed by atoms with van der Waals surface area (Å²) in [5, 5.41) is 17.4. The van der Waals surface area contributed by atoms with Gasteiger partial charge >= 0.3 is 0 Å². The van der Waals surface area contributed by atoms with Gasteiger partial charge in [-0.15, -0.1) is 0 Å². The third-order valence-electron chi connectivity index (χ3n) is 2.32. The Morgan fingerprint density at radius 1 is 1.33 bits per heavy atom. The molecule has 1 heterocycles. The van der Waals surface area contributed by atoms with E-state index in [1.165, 1.54) is 18.2 Å². The maximum atomic E-state index is 10.7. The van der Waals surface area contributed by atoms with E-state index < -0.39 is 5.91 Å². The highest BCUT2D eigenvalue weighted by Crippen LogP contribution is 2.25. The molecule has 5 nitrogen and oxygen atoms in total. The van der Waals surface area contributed by atoms with Gasteiger partial charge in [-0.2, -0.15) is 10.2 Å². The number of aromatic hydroxyl groups is 1. The summed E-state index contributed by atoms with van der Waals surface area (Å²) in [4.78, 5) is 10.7. The summed E-state index contributed by atoms with van der Waals surface area (Å²) in [6, 6.07) is 8.54. The van der Waals surface area contributed by atoms with Gasteiger partial charge in [-0.3, -0.25) is 4.79 Å². The van der Waals surface area contributed by atoms with Gasteiger partial charge in [-0.05, 0) is 36.4 Å². The van der Waals surface area contributed by atoms with Crippen LogP contribution in [-0.4, -0.2) is 21.2 Å². The molecule has 3 N–H and O–H groups in total. The summed E-state index contributed by atoms with van der Waals surface area (Å²) in [5.41, 5.74) is 6.99. The first kappa shape index (κ1) is 11.8. The van der Waals surface area contributed by atoms with Crippen molar-refractivity contribution in [2.24, 2.45) is 5.73 Å². The Bertz CT molecular complexity index is 594. The van der Waals surface area contributed by atoms with E-state index in [9.17, 15) is 9.90 Å². The molecular weight excluding hydrogens is 230 g/mol. The van der Waals surface area contributed by atoms with Crippen molar-refractivity contribution in [1.29, 1.82) is 0 Å².